The molecule has 0 aliphatic carbocycles. The van der Waals surface area contributed by atoms with Gasteiger partial charge in [0.25, 0.3) is 0 Å². The molecule has 2 heterocycles. The lowest BCUT2D eigenvalue weighted by molar-refractivity contribution is -0.115. The largest absolute Gasteiger partial charge is 0.411 e. The molecular formula is C14H13N5O3. The molecule has 1 aliphatic heterocycles. The van der Waals surface area contributed by atoms with Crippen LogP contribution in [0, 0.1) is 0 Å². The first-order valence-corrected chi connectivity index (χ1v) is 6.48. The van der Waals surface area contributed by atoms with Gasteiger partial charge in [0.05, 0.1) is 12.2 Å². The van der Waals surface area contributed by atoms with Crippen LogP contribution >= 0.6 is 0 Å². The maximum absolute atomic E-state index is 11.6. The Kier molecular flexibility index (Phi) is 3.34. The number of nitrogens with one attached hydrogen (secondary N) is 1. The van der Waals surface area contributed by atoms with E-state index in [1.54, 1.807) is 36.2 Å². The summed E-state index contributed by atoms with van der Waals surface area (Å²) in [7, 11) is 1.80. The second-order valence-electron chi connectivity index (χ2n) is 4.77. The molecule has 0 saturated carbocycles. The Morgan fingerprint density at radius 1 is 1.32 bits per heavy atom. The quantitative estimate of drug-likeness (QED) is 0.855. The second kappa shape index (κ2) is 5.32. The number of hydrogen-bond donors (Lipinski definition) is 2. The number of hydrogen-bond acceptors (Lipinski definition) is 6. The summed E-state index contributed by atoms with van der Waals surface area (Å²) in [4.78, 5) is 32.5. The van der Waals surface area contributed by atoms with Gasteiger partial charge in [-0.1, -0.05) is 0 Å². The highest BCUT2D eigenvalue weighted by atomic mass is 16.5. The van der Waals surface area contributed by atoms with E-state index >= 15 is 0 Å². The monoisotopic (exact) mass is 299 g/mol. The van der Waals surface area contributed by atoms with E-state index in [1.165, 1.54) is 6.33 Å². The zero-order valence-electron chi connectivity index (χ0n) is 11.7. The van der Waals surface area contributed by atoms with Gasteiger partial charge in [0.2, 0.25) is 5.91 Å². The second-order valence-corrected chi connectivity index (χ2v) is 4.77. The number of rotatable bonds is 2. The van der Waals surface area contributed by atoms with Gasteiger partial charge in [0.15, 0.2) is 5.82 Å². The minimum Gasteiger partial charge on any atom is -0.411 e. The first kappa shape index (κ1) is 13.8. The molecule has 0 fully saturated rings. The van der Waals surface area contributed by atoms with Crippen molar-refractivity contribution in [3.8, 4) is 17.0 Å². The molecule has 0 bridgehead atoms. The first-order chi connectivity index (χ1) is 10.5. The number of primary amides is 1. The normalized spacial score (nSPS) is 13.3. The lowest BCUT2D eigenvalue weighted by Crippen LogP contribution is -2.36. The molecule has 0 saturated heterocycles. The Hall–Kier alpha value is -3.16. The molecule has 8 nitrogen and oxygen atoms in total. The van der Waals surface area contributed by atoms with Crippen LogP contribution in [0.25, 0.3) is 11.3 Å². The van der Waals surface area contributed by atoms with Gasteiger partial charge in [-0.2, -0.15) is 0 Å². The minimum atomic E-state index is -0.866. The highest BCUT2D eigenvalue weighted by Crippen LogP contribution is 2.35. The van der Waals surface area contributed by atoms with Gasteiger partial charge in [-0.3, -0.25) is 4.79 Å². The minimum absolute atomic E-state index is 0.121. The number of fused-ring (bicyclic) bond motifs is 1. The predicted molar refractivity (Wildman–Crippen MR) is 79.6 cm³/mol. The summed E-state index contributed by atoms with van der Waals surface area (Å²) in [5.41, 5.74) is 7.19. The molecule has 112 valence electrons. The maximum Gasteiger partial charge on any atom is 0.409 e. The van der Waals surface area contributed by atoms with Crippen molar-refractivity contribution in [2.45, 2.75) is 0 Å². The number of nitrogens with zero attached hydrogens (tertiary/aromatic N) is 3. The summed E-state index contributed by atoms with van der Waals surface area (Å²) in [6.45, 7) is 0.232. The Labute approximate surface area is 125 Å². The number of amides is 2. The lowest BCUT2D eigenvalue weighted by Gasteiger charge is -2.27. The molecule has 0 radical (unpaired) electrons. The van der Waals surface area contributed by atoms with Crippen LogP contribution in [0.2, 0.25) is 0 Å². The smallest absolute Gasteiger partial charge is 0.409 e. The van der Waals surface area contributed by atoms with Crippen LogP contribution in [0.4, 0.5) is 16.3 Å². The number of aromatic nitrogens is 2. The number of nitrogens with two attached hydrogens (primary N) is 1. The van der Waals surface area contributed by atoms with E-state index in [4.69, 9.17) is 10.5 Å². The third-order valence-corrected chi connectivity index (χ3v) is 3.19. The highest BCUT2D eigenvalue weighted by Gasteiger charge is 2.24. The average Bonchev–Trinajstić information content (AvgIpc) is 2.46. The zero-order chi connectivity index (χ0) is 15.7. The summed E-state index contributed by atoms with van der Waals surface area (Å²) >= 11 is 0. The predicted octanol–water partition coefficient (Wildman–Crippen LogP) is 0.989. The zero-order valence-corrected chi connectivity index (χ0v) is 11.7. The Morgan fingerprint density at radius 3 is 2.73 bits per heavy atom. The summed E-state index contributed by atoms with van der Waals surface area (Å²) in [6, 6.07) is 6.75. The highest BCUT2D eigenvalue weighted by molar-refractivity contribution is 6.02. The third kappa shape index (κ3) is 2.53. The van der Waals surface area contributed by atoms with E-state index in [9.17, 15) is 9.59 Å². The molecule has 0 atom stereocenters. The van der Waals surface area contributed by atoms with Crippen molar-refractivity contribution in [3.05, 3.63) is 30.6 Å². The molecule has 3 rings (SSSR count). The van der Waals surface area contributed by atoms with Crippen molar-refractivity contribution in [1.29, 1.82) is 0 Å². The molecule has 1 aromatic heterocycles. The average molecular weight is 299 g/mol. The van der Waals surface area contributed by atoms with Crippen molar-refractivity contribution in [1.82, 2.24) is 9.97 Å². The Morgan fingerprint density at radius 2 is 2.05 bits per heavy atom. The van der Waals surface area contributed by atoms with Gasteiger partial charge >= 0.3 is 6.09 Å². The van der Waals surface area contributed by atoms with E-state index in [1.807, 2.05) is 0 Å². The van der Waals surface area contributed by atoms with Crippen LogP contribution in [0.5, 0.6) is 5.75 Å². The Balaban J connectivity index is 2.00. The van der Waals surface area contributed by atoms with Gasteiger partial charge < -0.3 is 20.7 Å². The molecule has 22 heavy (non-hydrogen) atoms. The summed E-state index contributed by atoms with van der Waals surface area (Å²) in [5.74, 6) is 0.701. The van der Waals surface area contributed by atoms with E-state index in [-0.39, 0.29) is 12.5 Å². The number of benzene rings is 1. The van der Waals surface area contributed by atoms with E-state index in [0.29, 0.717) is 17.3 Å². The summed E-state index contributed by atoms with van der Waals surface area (Å²) in [5, 5.41) is 2.72. The van der Waals surface area contributed by atoms with Gasteiger partial charge in [0, 0.05) is 12.6 Å². The molecule has 1 aromatic carbocycles. The van der Waals surface area contributed by atoms with Crippen LogP contribution < -0.4 is 20.7 Å². The summed E-state index contributed by atoms with van der Waals surface area (Å²) in [6.07, 6.45) is 0.524. The molecular weight excluding hydrogens is 286 g/mol. The third-order valence-electron chi connectivity index (χ3n) is 3.19. The van der Waals surface area contributed by atoms with Gasteiger partial charge in [-0.15, -0.1) is 0 Å². The van der Waals surface area contributed by atoms with Crippen LogP contribution in [-0.2, 0) is 4.79 Å². The Bertz CT molecular complexity index is 745. The van der Waals surface area contributed by atoms with E-state index < -0.39 is 6.09 Å². The van der Waals surface area contributed by atoms with E-state index in [2.05, 4.69) is 15.3 Å². The topological polar surface area (TPSA) is 110 Å². The fourth-order valence-electron chi connectivity index (χ4n) is 2.31. The molecule has 8 heteroatoms. The first-order valence-electron chi connectivity index (χ1n) is 6.48. The molecule has 0 unspecified atom stereocenters. The molecule has 2 aromatic rings. The van der Waals surface area contributed by atoms with Gasteiger partial charge in [-0.25, -0.2) is 14.8 Å². The summed E-state index contributed by atoms with van der Waals surface area (Å²) < 4.78 is 4.79. The van der Waals surface area contributed by atoms with Crippen LogP contribution in [0.15, 0.2) is 30.6 Å². The number of carbonyl (C=O) groups is 2. The van der Waals surface area contributed by atoms with Crippen molar-refractivity contribution in [2.24, 2.45) is 5.73 Å². The van der Waals surface area contributed by atoms with Crippen molar-refractivity contribution in [3.63, 3.8) is 0 Å². The van der Waals surface area contributed by atoms with Crippen LogP contribution in [0.1, 0.15) is 0 Å². The molecule has 3 N–H and O–H groups in total. The van der Waals surface area contributed by atoms with Crippen LogP contribution in [0.3, 0.4) is 0 Å². The molecule has 0 spiro atoms. The van der Waals surface area contributed by atoms with Crippen molar-refractivity contribution >= 4 is 23.5 Å². The number of likely N-dealkylation sites (N-methyl/N-ethyl adjacent to an activating group) is 1. The fraction of sp³-hybridized carbons (Fsp3) is 0.143. The number of carbonyl (C=O) groups excluding carboxylic acids is 2. The molecule has 2 amide bonds. The van der Waals surface area contributed by atoms with Gasteiger partial charge in [-0.05, 0) is 24.3 Å². The van der Waals surface area contributed by atoms with Crippen molar-refractivity contribution < 1.29 is 14.3 Å². The SMILES string of the molecule is CN1CC(=O)Nc2ncnc(-c3ccc(OC(N)=O)cc3)c21. The molecule has 1 aliphatic rings. The van der Waals surface area contributed by atoms with E-state index in [0.717, 1.165) is 11.3 Å². The van der Waals surface area contributed by atoms with Crippen molar-refractivity contribution in [2.75, 3.05) is 23.8 Å². The van der Waals surface area contributed by atoms with Gasteiger partial charge in [0.1, 0.15) is 17.8 Å². The maximum atomic E-state index is 11.6. The number of ether oxygens (including phenoxy) is 1. The fourth-order valence-corrected chi connectivity index (χ4v) is 2.31. The van der Waals surface area contributed by atoms with Crippen LogP contribution in [-0.4, -0.2) is 35.6 Å². The number of anilines is 2. The standard InChI is InChI=1S/C14H13N5O3/c1-19-6-10(20)18-13-12(19)11(16-7-17-13)8-2-4-9(5-3-8)22-14(15)21/h2-5,7H,6H2,1H3,(H2,15,21)(H,16,17,18,20). The lowest BCUT2D eigenvalue weighted by atomic mass is 10.1.